The topological polar surface area (TPSA) is 63.8 Å². The van der Waals surface area contributed by atoms with E-state index in [2.05, 4.69) is 15.3 Å². The first kappa shape index (κ1) is 8.17. The summed E-state index contributed by atoms with van der Waals surface area (Å²) in [6, 6.07) is 1.08. The lowest BCUT2D eigenvalue weighted by atomic mass is 9.85. The predicted molar refractivity (Wildman–Crippen MR) is 53.7 cm³/mol. The minimum Gasteiger partial charge on any atom is -0.368 e. The first-order valence-corrected chi connectivity index (χ1v) is 5.20. The van der Waals surface area contributed by atoms with Crippen LogP contribution in [0.2, 0.25) is 0 Å². The third kappa shape index (κ3) is 1.18. The van der Waals surface area contributed by atoms with Gasteiger partial charge in [-0.15, -0.1) is 0 Å². The highest BCUT2D eigenvalue weighted by Gasteiger charge is 2.30. The Balaban J connectivity index is 2.06. The van der Waals surface area contributed by atoms with Gasteiger partial charge in [0.15, 0.2) is 0 Å². The Morgan fingerprint density at radius 2 is 2.36 bits per heavy atom. The highest BCUT2D eigenvalue weighted by Crippen LogP contribution is 2.33. The van der Waals surface area contributed by atoms with Gasteiger partial charge < -0.3 is 11.1 Å². The van der Waals surface area contributed by atoms with Crippen LogP contribution in [0, 0.1) is 0 Å². The quantitative estimate of drug-likeness (QED) is 0.635. The summed E-state index contributed by atoms with van der Waals surface area (Å²) in [5, 5.41) is 3.61. The molecule has 2 unspecified atom stereocenters. The van der Waals surface area contributed by atoms with Gasteiger partial charge in [-0.1, -0.05) is 0 Å². The largest absolute Gasteiger partial charge is 0.368 e. The highest BCUT2D eigenvalue weighted by atomic mass is 15.0. The molecule has 1 saturated heterocycles. The third-order valence-electron chi connectivity index (χ3n) is 3.22. The van der Waals surface area contributed by atoms with E-state index in [0.29, 0.717) is 18.0 Å². The summed E-state index contributed by atoms with van der Waals surface area (Å²) < 4.78 is 0. The van der Waals surface area contributed by atoms with E-state index in [-0.39, 0.29) is 0 Å². The van der Waals surface area contributed by atoms with Crippen molar-refractivity contribution in [1.82, 2.24) is 15.3 Å². The third-order valence-corrected chi connectivity index (χ3v) is 3.22. The molecule has 1 aromatic rings. The molecule has 4 nitrogen and oxygen atoms in total. The number of nitrogens with one attached hydrogen (secondary N) is 1. The zero-order valence-corrected chi connectivity index (χ0v) is 8.03. The van der Waals surface area contributed by atoms with E-state index in [1.807, 2.05) is 6.20 Å². The molecule has 1 fully saturated rings. The summed E-state index contributed by atoms with van der Waals surface area (Å²) >= 11 is 0. The van der Waals surface area contributed by atoms with Crippen LogP contribution in [0.4, 0.5) is 5.95 Å². The van der Waals surface area contributed by atoms with Gasteiger partial charge in [-0.25, -0.2) is 9.97 Å². The van der Waals surface area contributed by atoms with Gasteiger partial charge in [0.05, 0.1) is 5.69 Å². The number of anilines is 1. The van der Waals surface area contributed by atoms with Crippen LogP contribution in [0.1, 0.15) is 36.6 Å². The molecule has 2 aliphatic heterocycles. The SMILES string of the molecule is Nc1ncc2c(n1)CC1CCCC2N1. The maximum atomic E-state index is 5.59. The van der Waals surface area contributed by atoms with Crippen LogP contribution < -0.4 is 11.1 Å². The average molecular weight is 190 g/mol. The van der Waals surface area contributed by atoms with Gasteiger partial charge in [0, 0.05) is 30.3 Å². The minimum absolute atomic E-state index is 0.406. The molecule has 0 radical (unpaired) electrons. The predicted octanol–water partition coefficient (Wildman–Crippen LogP) is 0.798. The van der Waals surface area contributed by atoms with Crippen molar-refractivity contribution in [2.45, 2.75) is 37.8 Å². The number of nitrogen functional groups attached to an aromatic ring is 1. The van der Waals surface area contributed by atoms with Crippen LogP contribution in [0.3, 0.4) is 0 Å². The summed E-state index contributed by atoms with van der Waals surface area (Å²) in [4.78, 5) is 8.39. The number of nitrogens with two attached hydrogens (primary N) is 1. The van der Waals surface area contributed by atoms with Crippen molar-refractivity contribution in [3.05, 3.63) is 17.5 Å². The van der Waals surface area contributed by atoms with Crippen LogP contribution in [0.15, 0.2) is 6.20 Å². The van der Waals surface area contributed by atoms with E-state index in [4.69, 9.17) is 5.73 Å². The lowest BCUT2D eigenvalue weighted by Gasteiger charge is -2.36. The number of nitrogens with zero attached hydrogens (tertiary/aromatic N) is 2. The highest BCUT2D eigenvalue weighted by molar-refractivity contribution is 5.31. The summed E-state index contributed by atoms with van der Waals surface area (Å²) in [5.74, 6) is 0.406. The Morgan fingerprint density at radius 1 is 1.43 bits per heavy atom. The fourth-order valence-electron chi connectivity index (χ4n) is 2.56. The molecule has 0 amide bonds. The van der Waals surface area contributed by atoms with Crippen LogP contribution >= 0.6 is 0 Å². The summed E-state index contributed by atoms with van der Waals surface area (Å²) in [6.45, 7) is 0. The number of hydrogen-bond acceptors (Lipinski definition) is 4. The van der Waals surface area contributed by atoms with Crippen molar-refractivity contribution in [3.63, 3.8) is 0 Å². The molecule has 0 spiro atoms. The first-order chi connectivity index (χ1) is 6.83. The standard InChI is InChI=1S/C10H14N4/c11-10-12-5-7-8-3-1-2-6(13-8)4-9(7)14-10/h5-6,8,13H,1-4H2,(H2,11,12,14). The van der Waals surface area contributed by atoms with E-state index >= 15 is 0 Å². The van der Waals surface area contributed by atoms with Crippen molar-refractivity contribution in [2.24, 2.45) is 0 Å². The minimum atomic E-state index is 0.406. The molecule has 2 atom stereocenters. The summed E-state index contributed by atoms with van der Waals surface area (Å²) in [7, 11) is 0. The number of aromatic nitrogens is 2. The molecular formula is C10H14N4. The van der Waals surface area contributed by atoms with Gasteiger partial charge in [-0.2, -0.15) is 0 Å². The van der Waals surface area contributed by atoms with Crippen LogP contribution in [0.5, 0.6) is 0 Å². The Labute approximate surface area is 82.9 Å². The number of rotatable bonds is 0. The van der Waals surface area contributed by atoms with Crippen molar-refractivity contribution in [2.75, 3.05) is 5.73 Å². The van der Waals surface area contributed by atoms with E-state index in [1.165, 1.54) is 24.8 Å². The second-order valence-electron chi connectivity index (χ2n) is 4.18. The molecular weight excluding hydrogens is 176 g/mol. The lowest BCUT2D eigenvalue weighted by Crippen LogP contribution is -2.43. The number of piperidine rings is 1. The summed E-state index contributed by atoms with van der Waals surface area (Å²) in [6.07, 6.45) is 6.68. The fraction of sp³-hybridized carbons (Fsp3) is 0.600. The average Bonchev–Trinajstić information content (AvgIpc) is 2.17. The second kappa shape index (κ2) is 2.92. The zero-order chi connectivity index (χ0) is 9.54. The van der Waals surface area contributed by atoms with Gasteiger partial charge in [0.1, 0.15) is 0 Å². The molecule has 14 heavy (non-hydrogen) atoms. The molecule has 74 valence electrons. The maximum Gasteiger partial charge on any atom is 0.220 e. The molecule has 3 N–H and O–H groups in total. The van der Waals surface area contributed by atoms with E-state index in [0.717, 1.165) is 12.1 Å². The Bertz CT molecular complexity index is 363. The molecule has 4 heteroatoms. The lowest BCUT2D eigenvalue weighted by molar-refractivity contribution is 0.298. The molecule has 2 bridgehead atoms. The van der Waals surface area contributed by atoms with Gasteiger partial charge >= 0.3 is 0 Å². The van der Waals surface area contributed by atoms with E-state index in [1.54, 1.807) is 0 Å². The van der Waals surface area contributed by atoms with Crippen molar-refractivity contribution in [1.29, 1.82) is 0 Å². The number of fused-ring (bicyclic) bond motifs is 4. The molecule has 3 rings (SSSR count). The molecule has 1 aromatic heterocycles. The first-order valence-electron chi connectivity index (χ1n) is 5.20. The molecule has 0 saturated carbocycles. The van der Waals surface area contributed by atoms with Crippen molar-refractivity contribution < 1.29 is 0 Å². The van der Waals surface area contributed by atoms with E-state index in [9.17, 15) is 0 Å². The Hall–Kier alpha value is -1.16. The van der Waals surface area contributed by atoms with Gasteiger partial charge in [0.25, 0.3) is 0 Å². The molecule has 3 heterocycles. The van der Waals surface area contributed by atoms with Gasteiger partial charge in [-0.05, 0) is 19.3 Å². The van der Waals surface area contributed by atoms with Crippen molar-refractivity contribution in [3.8, 4) is 0 Å². The molecule has 0 aromatic carbocycles. The van der Waals surface area contributed by atoms with Gasteiger partial charge in [-0.3, -0.25) is 0 Å². The number of hydrogen-bond donors (Lipinski definition) is 2. The zero-order valence-electron chi connectivity index (χ0n) is 8.03. The van der Waals surface area contributed by atoms with Gasteiger partial charge in [0.2, 0.25) is 5.95 Å². The monoisotopic (exact) mass is 190 g/mol. The normalized spacial score (nSPS) is 29.7. The maximum absolute atomic E-state index is 5.59. The summed E-state index contributed by atoms with van der Waals surface area (Å²) in [5.41, 5.74) is 8.01. The smallest absolute Gasteiger partial charge is 0.220 e. The van der Waals surface area contributed by atoms with Crippen LogP contribution in [-0.2, 0) is 6.42 Å². The van der Waals surface area contributed by atoms with Crippen LogP contribution in [-0.4, -0.2) is 16.0 Å². The second-order valence-corrected chi connectivity index (χ2v) is 4.18. The fourth-order valence-corrected chi connectivity index (χ4v) is 2.56. The van der Waals surface area contributed by atoms with E-state index < -0.39 is 0 Å². The Morgan fingerprint density at radius 3 is 3.29 bits per heavy atom. The molecule has 2 aliphatic rings. The van der Waals surface area contributed by atoms with Crippen LogP contribution in [0.25, 0.3) is 0 Å². The Kier molecular flexibility index (Phi) is 1.70. The van der Waals surface area contributed by atoms with Crippen molar-refractivity contribution >= 4 is 5.95 Å². The molecule has 0 aliphatic carbocycles.